The third-order valence-electron chi connectivity index (χ3n) is 9.97. The lowest BCUT2D eigenvalue weighted by Gasteiger charge is -2.13. The first-order chi connectivity index (χ1) is 30.2. The molecule has 0 heteroatoms. The molecule has 0 aliphatic carbocycles. The van der Waals surface area contributed by atoms with E-state index in [1.54, 1.807) is 6.08 Å². The lowest BCUT2D eigenvalue weighted by molar-refractivity contribution is 0.999. The summed E-state index contributed by atoms with van der Waals surface area (Å²) in [6, 6.07) is 41.2. The van der Waals surface area contributed by atoms with Crippen molar-refractivity contribution in [3.05, 3.63) is 227 Å². The smallest absolute Gasteiger partial charge is 0.0149 e. The average molecular weight is 839 g/mol. The molecular formula is C63H82. The van der Waals surface area contributed by atoms with E-state index in [0.717, 1.165) is 19.3 Å². The van der Waals surface area contributed by atoms with Crippen LogP contribution in [0.2, 0.25) is 0 Å². The van der Waals surface area contributed by atoms with Crippen LogP contribution in [-0.2, 0) is 6.42 Å². The maximum atomic E-state index is 4.00. The molecule has 0 heterocycles. The highest BCUT2D eigenvalue weighted by Crippen LogP contribution is 2.31. The van der Waals surface area contributed by atoms with Crippen molar-refractivity contribution in [1.82, 2.24) is 0 Å². The van der Waals surface area contributed by atoms with Crippen LogP contribution >= 0.6 is 0 Å². The molecule has 63 heavy (non-hydrogen) atoms. The van der Waals surface area contributed by atoms with E-state index in [0.29, 0.717) is 0 Å². The Hall–Kier alpha value is -6.16. The molecule has 0 N–H and O–H groups in total. The Bertz CT molecular complexity index is 2220. The predicted molar refractivity (Wildman–Crippen MR) is 293 cm³/mol. The normalized spacial score (nSPS) is 11.5. The molecule has 0 aromatic heterocycles. The monoisotopic (exact) mass is 839 g/mol. The number of benzene rings is 5. The van der Waals surface area contributed by atoms with E-state index < -0.39 is 0 Å². The Morgan fingerprint density at radius 1 is 0.603 bits per heavy atom. The molecule has 5 rings (SSSR count). The SMILES string of the molecule is C.C#C.C/C(=C(/C)c1ccc2ccccc2c1C)c1ccccc1.C/C=C\C(=C/CC)c1ccc(C)cc1.C=C/C=C\C(=C/C)c1ccc(CC/C=C\C(C)=C/C)cc1.CC.CC. The van der Waals surface area contributed by atoms with Gasteiger partial charge in [-0.2, -0.15) is 0 Å². The zero-order valence-corrected chi connectivity index (χ0v) is 40.7. The van der Waals surface area contributed by atoms with E-state index >= 15 is 0 Å². The fourth-order valence-corrected chi connectivity index (χ4v) is 6.38. The van der Waals surface area contributed by atoms with Gasteiger partial charge in [-0.3, -0.25) is 0 Å². The van der Waals surface area contributed by atoms with E-state index in [1.165, 1.54) is 77.6 Å². The zero-order valence-electron chi connectivity index (χ0n) is 40.7. The molecule has 334 valence electrons. The lowest BCUT2D eigenvalue weighted by Crippen LogP contribution is -1.91. The van der Waals surface area contributed by atoms with Crippen molar-refractivity contribution in [3.63, 3.8) is 0 Å². The summed E-state index contributed by atoms with van der Waals surface area (Å²) in [4.78, 5) is 0. The van der Waals surface area contributed by atoms with Crippen LogP contribution in [0.1, 0.15) is 135 Å². The highest BCUT2D eigenvalue weighted by Gasteiger charge is 2.08. The molecule has 0 spiro atoms. The number of terminal acetylenes is 1. The summed E-state index contributed by atoms with van der Waals surface area (Å²) in [6.45, 7) is 30.9. The molecule has 0 atom stereocenters. The third-order valence-corrected chi connectivity index (χ3v) is 9.97. The van der Waals surface area contributed by atoms with Crippen LogP contribution in [0.5, 0.6) is 0 Å². The van der Waals surface area contributed by atoms with Crippen molar-refractivity contribution >= 4 is 33.1 Å². The summed E-state index contributed by atoms with van der Waals surface area (Å²) in [5.41, 5.74) is 15.8. The molecule has 0 amide bonds. The van der Waals surface area contributed by atoms with Crippen molar-refractivity contribution in [2.24, 2.45) is 0 Å². The Morgan fingerprint density at radius 3 is 1.73 bits per heavy atom. The van der Waals surface area contributed by atoms with Gasteiger partial charge in [0.1, 0.15) is 0 Å². The maximum Gasteiger partial charge on any atom is -0.0149 e. The lowest BCUT2D eigenvalue weighted by atomic mass is 9.91. The van der Waals surface area contributed by atoms with Crippen molar-refractivity contribution in [3.8, 4) is 12.8 Å². The van der Waals surface area contributed by atoms with Crippen LogP contribution in [0.3, 0.4) is 0 Å². The molecule has 0 unspecified atom stereocenters. The van der Waals surface area contributed by atoms with Gasteiger partial charge >= 0.3 is 0 Å². The van der Waals surface area contributed by atoms with Crippen LogP contribution < -0.4 is 0 Å². The van der Waals surface area contributed by atoms with Gasteiger partial charge in [0.15, 0.2) is 0 Å². The minimum absolute atomic E-state index is 0. The van der Waals surface area contributed by atoms with Gasteiger partial charge in [0.25, 0.3) is 0 Å². The highest BCUT2D eigenvalue weighted by molar-refractivity contribution is 5.95. The topological polar surface area (TPSA) is 0 Å². The number of hydrogen-bond acceptors (Lipinski definition) is 0. The van der Waals surface area contributed by atoms with E-state index in [2.05, 4.69) is 246 Å². The number of hydrogen-bond donors (Lipinski definition) is 0. The molecule has 0 aliphatic rings. The molecule has 0 saturated heterocycles. The number of allylic oxidation sites excluding steroid dienone is 15. The summed E-state index contributed by atoms with van der Waals surface area (Å²) in [6.07, 6.45) is 32.3. The first-order valence-electron chi connectivity index (χ1n) is 22.5. The summed E-state index contributed by atoms with van der Waals surface area (Å²) < 4.78 is 0. The van der Waals surface area contributed by atoms with E-state index in [1.807, 2.05) is 33.8 Å². The molecule has 0 aliphatic heterocycles. The van der Waals surface area contributed by atoms with Crippen LogP contribution in [0.25, 0.3) is 33.1 Å². The quantitative estimate of drug-likeness (QED) is 0.0667. The van der Waals surface area contributed by atoms with Crippen molar-refractivity contribution in [2.45, 2.75) is 117 Å². The van der Waals surface area contributed by atoms with Crippen molar-refractivity contribution in [2.75, 3.05) is 0 Å². The zero-order chi connectivity index (χ0) is 46.7. The van der Waals surface area contributed by atoms with Gasteiger partial charge in [-0.25, -0.2) is 0 Å². The molecule has 5 aromatic rings. The van der Waals surface area contributed by atoms with E-state index in [-0.39, 0.29) is 7.43 Å². The maximum absolute atomic E-state index is 4.00. The van der Waals surface area contributed by atoms with Gasteiger partial charge in [0.05, 0.1) is 0 Å². The van der Waals surface area contributed by atoms with Crippen molar-refractivity contribution < 1.29 is 0 Å². The van der Waals surface area contributed by atoms with Crippen LogP contribution in [0.15, 0.2) is 188 Å². The number of fused-ring (bicyclic) bond motifs is 1. The first-order valence-corrected chi connectivity index (χ1v) is 22.5. The predicted octanol–water partition coefficient (Wildman–Crippen LogP) is 19.7. The fraction of sp³-hybridized carbons (Fsp3) is 0.270. The van der Waals surface area contributed by atoms with E-state index in [9.17, 15) is 0 Å². The van der Waals surface area contributed by atoms with Gasteiger partial charge in [-0.15, -0.1) is 12.8 Å². The summed E-state index contributed by atoms with van der Waals surface area (Å²) in [5.74, 6) is 0. The minimum atomic E-state index is 0. The summed E-state index contributed by atoms with van der Waals surface area (Å²) in [5, 5.41) is 2.65. The second-order valence-electron chi connectivity index (χ2n) is 14.0. The second-order valence-corrected chi connectivity index (χ2v) is 14.0. The molecule has 5 aromatic carbocycles. The fourth-order valence-electron chi connectivity index (χ4n) is 6.38. The Labute approximate surface area is 388 Å². The molecular weight excluding hydrogens is 757 g/mol. The third kappa shape index (κ3) is 21.5. The Balaban J connectivity index is 0. The summed E-state index contributed by atoms with van der Waals surface area (Å²) in [7, 11) is 0. The van der Waals surface area contributed by atoms with Gasteiger partial charge in [-0.05, 0) is 141 Å². The largest absolute Gasteiger partial charge is 0.124 e. The average Bonchev–Trinajstić information content (AvgIpc) is 3.33. The number of aryl methyl sites for hydroxylation is 3. The molecule has 0 fully saturated rings. The molecule has 0 bridgehead atoms. The molecule has 0 nitrogen and oxygen atoms in total. The van der Waals surface area contributed by atoms with Gasteiger partial charge in [0, 0.05) is 0 Å². The van der Waals surface area contributed by atoms with Gasteiger partial charge < -0.3 is 0 Å². The van der Waals surface area contributed by atoms with Crippen LogP contribution in [0, 0.1) is 26.7 Å². The van der Waals surface area contributed by atoms with Crippen LogP contribution in [0.4, 0.5) is 0 Å². The van der Waals surface area contributed by atoms with Crippen molar-refractivity contribution in [1.29, 1.82) is 0 Å². The van der Waals surface area contributed by atoms with Crippen LogP contribution in [-0.4, -0.2) is 0 Å². The highest BCUT2D eigenvalue weighted by atomic mass is 14.1. The standard InChI is InChI=1S/C21H20.C21H26.C14H18.2C2H6.C2H2.CH4/c1-15(18-9-5-4-6-10-18)16(2)20-14-13-19-11-7-8-12-21(19)17(20)3;1-5-8-13-20(7-3)21-16-14-19(15-17-21)12-10-9-11-18(4)6-2;1-4-6-13(7-5-2)14-10-8-12(3)9-11-14;3*1-2;/h4-14H,1-3H3;5-9,11,13-17H,1,10,12H2,2-4H3;4,6-11H,5H2,1-3H3;2*1-2H3;1-2H;1H4/b16-15+;11-9-,13-8-,18-6-,20-7+;6-4-,13-7+;;;;. The second kappa shape index (κ2) is 36.5. The Kier molecular flexibility index (Phi) is 34.1. The number of rotatable bonds is 12. The Morgan fingerprint density at radius 2 is 1.17 bits per heavy atom. The molecule has 0 saturated carbocycles. The molecule has 0 radical (unpaired) electrons. The minimum Gasteiger partial charge on any atom is -0.124 e. The van der Waals surface area contributed by atoms with Gasteiger partial charge in [0.2, 0.25) is 0 Å². The summed E-state index contributed by atoms with van der Waals surface area (Å²) >= 11 is 0. The first kappa shape index (κ1) is 58.9. The van der Waals surface area contributed by atoms with E-state index in [4.69, 9.17) is 0 Å². The van der Waals surface area contributed by atoms with Gasteiger partial charge in [-0.1, -0.05) is 236 Å².